The quantitative estimate of drug-likeness (QED) is 0.808. The van der Waals surface area contributed by atoms with E-state index in [9.17, 15) is 9.59 Å². The van der Waals surface area contributed by atoms with Crippen LogP contribution in [0.1, 0.15) is 16.8 Å². The van der Waals surface area contributed by atoms with E-state index in [4.69, 9.17) is 4.74 Å². The predicted octanol–water partition coefficient (Wildman–Crippen LogP) is 3.12. The fourth-order valence-corrected chi connectivity index (χ4v) is 2.82. The summed E-state index contributed by atoms with van der Waals surface area (Å²) in [4.78, 5) is 25.0. The third-order valence-corrected chi connectivity index (χ3v) is 4.28. The number of carbonyl (C=O) groups excluding carboxylic acids is 2. The minimum Gasteiger partial charge on any atom is -0.484 e. The van der Waals surface area contributed by atoms with Gasteiger partial charge in [0.1, 0.15) is 5.75 Å². The van der Waals surface area contributed by atoms with Crippen LogP contribution in [-0.4, -0.2) is 41.5 Å². The number of hydrogen-bond acceptors (Lipinski definition) is 3. The van der Waals surface area contributed by atoms with Crippen molar-refractivity contribution >= 4 is 27.7 Å². The second kappa shape index (κ2) is 7.49. The number of hydrogen-bond donors (Lipinski definition) is 0. The third kappa shape index (κ3) is 3.76. The topological polar surface area (TPSA) is 49.9 Å². The molecular weight excluding hydrogens is 372 g/mol. The van der Waals surface area contributed by atoms with Gasteiger partial charge in [-0.3, -0.25) is 9.59 Å². The molecule has 2 amide bonds. The number of hydrazine groups is 1. The Hall–Kier alpha value is -2.34. The molecule has 2 aromatic carbocycles. The Morgan fingerprint density at radius 3 is 2.33 bits per heavy atom. The van der Waals surface area contributed by atoms with Crippen molar-refractivity contribution in [3.8, 4) is 5.75 Å². The molecule has 1 saturated heterocycles. The van der Waals surface area contributed by atoms with Crippen LogP contribution in [0.4, 0.5) is 0 Å². The molecular formula is C18H17BrN2O3. The van der Waals surface area contributed by atoms with Gasteiger partial charge in [0.15, 0.2) is 6.61 Å². The van der Waals surface area contributed by atoms with Crippen LogP contribution in [0, 0.1) is 0 Å². The Balaban J connectivity index is 1.65. The number of rotatable bonds is 4. The smallest absolute Gasteiger partial charge is 0.279 e. The van der Waals surface area contributed by atoms with E-state index in [-0.39, 0.29) is 18.4 Å². The van der Waals surface area contributed by atoms with Gasteiger partial charge >= 0.3 is 0 Å². The Morgan fingerprint density at radius 2 is 1.62 bits per heavy atom. The largest absolute Gasteiger partial charge is 0.484 e. The highest BCUT2D eigenvalue weighted by atomic mass is 79.9. The van der Waals surface area contributed by atoms with E-state index in [0.29, 0.717) is 24.4 Å². The zero-order valence-corrected chi connectivity index (χ0v) is 14.6. The lowest BCUT2D eigenvalue weighted by Gasteiger charge is -2.28. The summed E-state index contributed by atoms with van der Waals surface area (Å²) in [5.74, 6) is 0.241. The van der Waals surface area contributed by atoms with Gasteiger partial charge in [-0.2, -0.15) is 0 Å². The molecule has 0 spiro atoms. The van der Waals surface area contributed by atoms with Gasteiger partial charge in [-0.05, 0) is 42.8 Å². The molecule has 1 aliphatic rings. The summed E-state index contributed by atoms with van der Waals surface area (Å²) < 4.78 is 6.40. The van der Waals surface area contributed by atoms with Crippen LogP contribution in [-0.2, 0) is 4.79 Å². The molecule has 0 atom stereocenters. The highest BCUT2D eigenvalue weighted by molar-refractivity contribution is 9.10. The van der Waals surface area contributed by atoms with E-state index in [1.807, 2.05) is 30.3 Å². The van der Waals surface area contributed by atoms with Gasteiger partial charge in [-0.15, -0.1) is 0 Å². The van der Waals surface area contributed by atoms with Crippen LogP contribution in [0.5, 0.6) is 5.75 Å². The van der Waals surface area contributed by atoms with E-state index >= 15 is 0 Å². The first-order valence-corrected chi connectivity index (χ1v) is 8.50. The summed E-state index contributed by atoms with van der Waals surface area (Å²) in [5.41, 5.74) is 0.557. The summed E-state index contributed by atoms with van der Waals surface area (Å²) in [7, 11) is 0. The number of benzene rings is 2. The molecule has 124 valence electrons. The highest BCUT2D eigenvalue weighted by Gasteiger charge is 2.31. The van der Waals surface area contributed by atoms with Gasteiger partial charge in [-0.25, -0.2) is 10.0 Å². The van der Waals surface area contributed by atoms with Crippen molar-refractivity contribution in [2.75, 3.05) is 19.7 Å². The molecule has 1 heterocycles. The maximum Gasteiger partial charge on any atom is 0.279 e. The second-order valence-electron chi connectivity index (χ2n) is 5.41. The van der Waals surface area contributed by atoms with Gasteiger partial charge in [0, 0.05) is 23.1 Å². The lowest BCUT2D eigenvalue weighted by Crippen LogP contribution is -2.46. The number of para-hydroxylation sites is 1. The summed E-state index contributed by atoms with van der Waals surface area (Å²) in [5, 5.41) is 2.98. The molecule has 0 aliphatic carbocycles. The average molecular weight is 389 g/mol. The first kappa shape index (κ1) is 16.5. The van der Waals surface area contributed by atoms with Gasteiger partial charge < -0.3 is 4.74 Å². The van der Waals surface area contributed by atoms with E-state index < -0.39 is 0 Å². The van der Waals surface area contributed by atoms with Gasteiger partial charge in [-0.1, -0.05) is 34.1 Å². The molecule has 2 aromatic rings. The Kier molecular flexibility index (Phi) is 5.15. The molecule has 0 N–H and O–H groups in total. The average Bonchev–Trinajstić information content (AvgIpc) is 3.10. The number of halogens is 1. The van der Waals surface area contributed by atoms with E-state index in [1.165, 1.54) is 10.0 Å². The first-order valence-electron chi connectivity index (χ1n) is 7.71. The summed E-state index contributed by atoms with van der Waals surface area (Å²) in [6, 6.07) is 16.3. The summed E-state index contributed by atoms with van der Waals surface area (Å²) >= 11 is 3.35. The highest BCUT2D eigenvalue weighted by Crippen LogP contribution is 2.18. The Labute approximate surface area is 148 Å². The maximum atomic E-state index is 12.6. The number of amides is 2. The van der Waals surface area contributed by atoms with Crippen molar-refractivity contribution in [3.63, 3.8) is 0 Å². The van der Waals surface area contributed by atoms with Gasteiger partial charge in [0.25, 0.3) is 11.8 Å². The van der Waals surface area contributed by atoms with Crippen LogP contribution in [0.25, 0.3) is 0 Å². The molecule has 5 nitrogen and oxygen atoms in total. The lowest BCUT2D eigenvalue weighted by atomic mass is 10.2. The Morgan fingerprint density at radius 1 is 0.958 bits per heavy atom. The molecule has 0 bridgehead atoms. The lowest BCUT2D eigenvalue weighted by molar-refractivity contribution is -0.142. The second-order valence-corrected chi connectivity index (χ2v) is 6.32. The van der Waals surface area contributed by atoms with Crippen molar-refractivity contribution in [1.29, 1.82) is 0 Å². The van der Waals surface area contributed by atoms with E-state index in [1.54, 1.807) is 24.3 Å². The van der Waals surface area contributed by atoms with Crippen LogP contribution in [0.3, 0.4) is 0 Å². The fraction of sp³-hybridized carbons (Fsp3) is 0.222. The molecule has 3 rings (SSSR count). The summed E-state index contributed by atoms with van der Waals surface area (Å²) in [6.07, 6.45) is 0.763. The number of ether oxygens (including phenoxy) is 1. The van der Waals surface area contributed by atoms with E-state index in [0.717, 1.165) is 10.9 Å². The van der Waals surface area contributed by atoms with Crippen molar-refractivity contribution in [1.82, 2.24) is 10.0 Å². The SMILES string of the molecule is O=C(COc1ccccc1)N1CCCN1C(=O)c1ccc(Br)cc1. The Bertz CT molecular complexity index is 719. The zero-order valence-electron chi connectivity index (χ0n) is 13.0. The molecule has 6 heteroatoms. The van der Waals surface area contributed by atoms with Gasteiger partial charge in [0.2, 0.25) is 0 Å². The molecule has 0 saturated carbocycles. The molecule has 0 aromatic heterocycles. The minimum absolute atomic E-state index is 0.0892. The minimum atomic E-state index is -0.221. The predicted molar refractivity (Wildman–Crippen MR) is 93.4 cm³/mol. The van der Waals surface area contributed by atoms with Crippen LogP contribution < -0.4 is 4.74 Å². The van der Waals surface area contributed by atoms with Crippen molar-refractivity contribution in [2.24, 2.45) is 0 Å². The molecule has 0 unspecified atom stereocenters. The van der Waals surface area contributed by atoms with Crippen molar-refractivity contribution in [3.05, 3.63) is 64.6 Å². The maximum absolute atomic E-state index is 12.6. The molecule has 1 aliphatic heterocycles. The molecule has 1 fully saturated rings. The van der Waals surface area contributed by atoms with E-state index in [2.05, 4.69) is 15.9 Å². The molecule has 24 heavy (non-hydrogen) atoms. The number of nitrogens with zero attached hydrogens (tertiary/aromatic N) is 2. The standard InChI is InChI=1S/C18H17BrN2O3/c19-15-9-7-14(8-10-15)18(23)21-12-4-11-20(21)17(22)13-24-16-5-2-1-3-6-16/h1-3,5-10H,4,11-13H2. The van der Waals surface area contributed by atoms with Gasteiger partial charge in [0.05, 0.1) is 0 Å². The van der Waals surface area contributed by atoms with Crippen LogP contribution in [0.2, 0.25) is 0 Å². The van der Waals surface area contributed by atoms with Crippen LogP contribution >= 0.6 is 15.9 Å². The normalized spacial score (nSPS) is 13.9. The third-order valence-electron chi connectivity index (χ3n) is 3.75. The van der Waals surface area contributed by atoms with Crippen molar-refractivity contribution in [2.45, 2.75) is 6.42 Å². The van der Waals surface area contributed by atoms with Crippen LogP contribution in [0.15, 0.2) is 59.1 Å². The monoisotopic (exact) mass is 388 g/mol. The zero-order chi connectivity index (χ0) is 16.9. The summed E-state index contributed by atoms with van der Waals surface area (Å²) in [6.45, 7) is 0.972. The van der Waals surface area contributed by atoms with Crippen molar-refractivity contribution < 1.29 is 14.3 Å². The molecule has 0 radical (unpaired) electrons. The fourth-order valence-electron chi connectivity index (χ4n) is 2.56. The number of carbonyl (C=O) groups is 2. The first-order chi connectivity index (χ1) is 11.6.